The summed E-state index contributed by atoms with van der Waals surface area (Å²) in [5, 5.41) is 8.97. The van der Waals surface area contributed by atoms with Crippen LogP contribution < -0.4 is 25.2 Å². The van der Waals surface area contributed by atoms with Crippen molar-refractivity contribution in [3.8, 4) is 0 Å². The Hall–Kier alpha value is -4.70. The van der Waals surface area contributed by atoms with Crippen LogP contribution in [0.4, 0.5) is 23.3 Å². The summed E-state index contributed by atoms with van der Waals surface area (Å²) in [5.74, 6) is 1.28. The Kier molecular flexibility index (Phi) is 9.24. The molecule has 0 bridgehead atoms. The minimum Gasteiger partial charge on any atom is -0.310 e. The molecule has 1 aliphatic heterocycles. The zero-order valence-corrected chi connectivity index (χ0v) is 26.7. The lowest BCUT2D eigenvalue weighted by Crippen LogP contribution is -2.18. The zero-order chi connectivity index (χ0) is 32.2. The van der Waals surface area contributed by atoms with Crippen molar-refractivity contribution in [3.05, 3.63) is 95.6 Å². The zero-order valence-electron chi connectivity index (χ0n) is 25.1. The minimum absolute atomic E-state index is 0.159. The molecule has 0 saturated heterocycles. The van der Waals surface area contributed by atoms with Crippen LogP contribution in [-0.4, -0.2) is 58.9 Å². The van der Waals surface area contributed by atoms with Crippen LogP contribution in [-0.2, 0) is 26.5 Å². The van der Waals surface area contributed by atoms with Gasteiger partial charge >= 0.3 is 0 Å². The van der Waals surface area contributed by atoms with E-state index in [2.05, 4.69) is 36.6 Å². The summed E-state index contributed by atoms with van der Waals surface area (Å²) in [6, 6.07) is 22.6. The first-order valence-corrected chi connectivity index (χ1v) is 16.9. The lowest BCUT2D eigenvalue weighted by Gasteiger charge is -2.18. The van der Waals surface area contributed by atoms with Crippen LogP contribution in [0.1, 0.15) is 30.5 Å². The molecular weight excluding hydrogens is 615 g/mol. The van der Waals surface area contributed by atoms with Gasteiger partial charge in [0, 0.05) is 18.3 Å². The predicted octanol–water partition coefficient (Wildman–Crippen LogP) is 3.66. The Labute approximate surface area is 262 Å². The van der Waals surface area contributed by atoms with Crippen molar-refractivity contribution in [1.29, 1.82) is 0 Å². The molecule has 234 valence electrons. The van der Waals surface area contributed by atoms with Crippen molar-refractivity contribution in [2.45, 2.75) is 30.1 Å². The van der Waals surface area contributed by atoms with E-state index < -0.39 is 20.0 Å². The van der Waals surface area contributed by atoms with Gasteiger partial charge in [0.1, 0.15) is 0 Å². The van der Waals surface area contributed by atoms with E-state index in [9.17, 15) is 16.8 Å². The van der Waals surface area contributed by atoms with Gasteiger partial charge in [-0.15, -0.1) is 0 Å². The maximum Gasteiger partial charge on any atom is 0.240 e. The topological polar surface area (TPSA) is 170 Å². The molecule has 0 radical (unpaired) electrons. The van der Waals surface area contributed by atoms with E-state index in [-0.39, 0.29) is 9.79 Å². The molecule has 0 spiro atoms. The van der Waals surface area contributed by atoms with Crippen molar-refractivity contribution in [1.82, 2.24) is 19.4 Å². The van der Waals surface area contributed by atoms with Crippen molar-refractivity contribution in [3.63, 3.8) is 0 Å². The first kappa shape index (κ1) is 31.7. The molecule has 1 aromatic heterocycles. The van der Waals surface area contributed by atoms with E-state index >= 15 is 0 Å². The molecule has 4 N–H and O–H groups in total. The normalized spacial score (nSPS) is 13.9. The highest BCUT2D eigenvalue weighted by molar-refractivity contribution is 7.89. The van der Waals surface area contributed by atoms with Crippen molar-refractivity contribution in [2.24, 2.45) is 10.2 Å². The molecule has 0 amide bonds. The van der Waals surface area contributed by atoms with Gasteiger partial charge in [0.25, 0.3) is 0 Å². The predicted molar refractivity (Wildman–Crippen MR) is 176 cm³/mol. The molecule has 0 atom stereocenters. The Balaban J connectivity index is 1.42. The maximum absolute atomic E-state index is 12.1. The van der Waals surface area contributed by atoms with Crippen LogP contribution in [0.25, 0.3) is 0 Å². The van der Waals surface area contributed by atoms with E-state index in [1.165, 1.54) is 43.9 Å². The van der Waals surface area contributed by atoms with Gasteiger partial charge in [0.15, 0.2) is 11.6 Å². The van der Waals surface area contributed by atoms with Crippen molar-refractivity contribution >= 4 is 54.7 Å². The molecule has 2 heterocycles. The summed E-state index contributed by atoms with van der Waals surface area (Å²) in [6.07, 6.45) is 0.854. The standard InChI is InChI=1S/C30H33N9O4S2/c1-20(22-9-13-25(14-10-22)44(40,41)31-3)35-37-28-19-29(34-30(33-28)39-18-17-24-7-5-6-8-27(24)39)38-36-21(2)23-11-15-26(16-12-23)45(42,43)32-4/h5-16,19,31-32H,17-18H2,1-4H3,(H2,33,34,37,38). The van der Waals surface area contributed by atoms with Crippen LogP contribution in [0.3, 0.4) is 0 Å². The van der Waals surface area contributed by atoms with E-state index in [0.29, 0.717) is 35.6 Å². The lowest BCUT2D eigenvalue weighted by molar-refractivity contribution is 0.586. The van der Waals surface area contributed by atoms with Gasteiger partial charge in [-0.3, -0.25) is 10.9 Å². The fourth-order valence-electron chi connectivity index (χ4n) is 4.61. The number of hydrogen-bond donors (Lipinski definition) is 4. The van der Waals surface area contributed by atoms with E-state index in [1.54, 1.807) is 44.2 Å². The molecule has 1 aliphatic rings. The van der Waals surface area contributed by atoms with Gasteiger partial charge in [-0.05, 0) is 81.4 Å². The Morgan fingerprint density at radius 1 is 0.711 bits per heavy atom. The highest BCUT2D eigenvalue weighted by Crippen LogP contribution is 2.33. The molecule has 4 aromatic rings. The third kappa shape index (κ3) is 7.17. The third-order valence-electron chi connectivity index (χ3n) is 7.22. The fourth-order valence-corrected chi connectivity index (χ4v) is 6.07. The van der Waals surface area contributed by atoms with E-state index in [1.807, 2.05) is 23.1 Å². The first-order chi connectivity index (χ1) is 21.5. The maximum atomic E-state index is 12.1. The molecule has 0 fully saturated rings. The van der Waals surface area contributed by atoms with Crippen LogP contribution in [0.15, 0.2) is 98.9 Å². The van der Waals surface area contributed by atoms with Gasteiger partial charge in [-0.2, -0.15) is 20.2 Å². The fraction of sp³-hybridized carbons (Fsp3) is 0.200. The summed E-state index contributed by atoms with van der Waals surface area (Å²) in [7, 11) is -4.36. The minimum atomic E-state index is -3.54. The lowest BCUT2D eigenvalue weighted by atomic mass is 10.1. The van der Waals surface area contributed by atoms with Crippen molar-refractivity contribution < 1.29 is 16.8 Å². The van der Waals surface area contributed by atoms with Crippen LogP contribution in [0.2, 0.25) is 0 Å². The third-order valence-corrected chi connectivity index (χ3v) is 10.1. The molecule has 3 aromatic carbocycles. The summed E-state index contributed by atoms with van der Waals surface area (Å²) in [6.45, 7) is 4.30. The summed E-state index contributed by atoms with van der Waals surface area (Å²) in [4.78, 5) is 11.8. The van der Waals surface area contributed by atoms with Crippen LogP contribution in [0.5, 0.6) is 0 Å². The number of para-hydroxylation sites is 1. The summed E-state index contributed by atoms with van der Waals surface area (Å²) in [5.41, 5.74) is 10.9. The first-order valence-electron chi connectivity index (χ1n) is 13.9. The second-order valence-electron chi connectivity index (χ2n) is 10.1. The smallest absolute Gasteiger partial charge is 0.240 e. The number of benzene rings is 3. The average Bonchev–Trinajstić information content (AvgIpc) is 3.50. The van der Waals surface area contributed by atoms with Gasteiger partial charge < -0.3 is 4.90 Å². The number of nitrogens with zero attached hydrogens (tertiary/aromatic N) is 5. The van der Waals surface area contributed by atoms with Gasteiger partial charge in [-0.25, -0.2) is 26.3 Å². The molecular formula is C30H33N9O4S2. The summed E-state index contributed by atoms with van der Waals surface area (Å²) >= 11 is 0. The van der Waals surface area contributed by atoms with E-state index in [0.717, 1.165) is 23.2 Å². The van der Waals surface area contributed by atoms with Crippen LogP contribution in [0, 0.1) is 0 Å². The SMILES string of the molecule is CNS(=O)(=O)c1ccc(C(C)=NNc2cc(NN=C(C)c3ccc(S(=O)(=O)NC)cc3)nc(N3CCc4ccccc43)n2)cc1. The Morgan fingerprint density at radius 3 is 1.64 bits per heavy atom. The van der Waals surface area contributed by atoms with Gasteiger partial charge in [-0.1, -0.05) is 42.5 Å². The molecule has 15 heteroatoms. The molecule has 0 aliphatic carbocycles. The number of anilines is 4. The Morgan fingerprint density at radius 2 is 1.18 bits per heavy atom. The second kappa shape index (κ2) is 13.1. The number of hydrazone groups is 2. The van der Waals surface area contributed by atoms with Gasteiger partial charge in [0.05, 0.1) is 21.2 Å². The molecule has 45 heavy (non-hydrogen) atoms. The molecule has 0 unspecified atom stereocenters. The van der Waals surface area contributed by atoms with Gasteiger partial charge in [0.2, 0.25) is 26.0 Å². The van der Waals surface area contributed by atoms with Crippen molar-refractivity contribution in [2.75, 3.05) is 36.4 Å². The highest BCUT2D eigenvalue weighted by atomic mass is 32.2. The Bertz CT molecular complexity index is 1870. The number of rotatable bonds is 11. The summed E-state index contributed by atoms with van der Waals surface area (Å²) < 4.78 is 52.9. The molecule has 13 nitrogen and oxygen atoms in total. The number of fused-ring (bicyclic) bond motifs is 1. The quantitative estimate of drug-likeness (QED) is 0.140. The van der Waals surface area contributed by atoms with E-state index in [4.69, 9.17) is 9.97 Å². The van der Waals surface area contributed by atoms with Crippen LogP contribution >= 0.6 is 0 Å². The number of sulfonamides is 2. The molecule has 0 saturated carbocycles. The number of aromatic nitrogens is 2. The molecule has 5 rings (SSSR count). The largest absolute Gasteiger partial charge is 0.310 e. The number of hydrogen-bond acceptors (Lipinski definition) is 11. The number of nitrogens with one attached hydrogen (secondary N) is 4. The monoisotopic (exact) mass is 647 g/mol. The second-order valence-corrected chi connectivity index (χ2v) is 13.8. The highest BCUT2D eigenvalue weighted by Gasteiger charge is 2.23. The average molecular weight is 648 g/mol.